The van der Waals surface area contributed by atoms with Gasteiger partial charge in [0, 0.05) is 0 Å². The quantitative estimate of drug-likeness (QED) is 0.505. The molecule has 0 bridgehead atoms. The van der Waals surface area contributed by atoms with Crippen LogP contribution in [0.4, 0.5) is 26.3 Å². The Morgan fingerprint density at radius 2 is 0.909 bits per heavy atom. The molecule has 0 fully saturated rings. The Hall–Kier alpha value is -1.14. The molecule has 0 radical (unpaired) electrons. The van der Waals surface area contributed by atoms with Crippen molar-refractivity contribution >= 4 is 0 Å². The smallest absolute Gasteiger partial charge is 0.299 e. The van der Waals surface area contributed by atoms with Crippen LogP contribution in [0.2, 0.25) is 0 Å². The van der Waals surface area contributed by atoms with Crippen LogP contribution in [-0.4, -0.2) is 0 Å². The fourth-order valence-electron chi connectivity index (χ4n) is 0.191. The van der Waals surface area contributed by atoms with Crippen molar-refractivity contribution in [2.45, 2.75) is 0 Å². The summed E-state index contributed by atoms with van der Waals surface area (Å²) in [5.74, 6) is -4.87. The van der Waals surface area contributed by atoms with Crippen molar-refractivity contribution in [3.8, 4) is 0 Å². The van der Waals surface area contributed by atoms with Crippen LogP contribution in [0.15, 0.2) is 24.1 Å². The Morgan fingerprint density at radius 1 is 0.636 bits per heavy atom. The third kappa shape index (κ3) is 3.54. The van der Waals surface area contributed by atoms with Gasteiger partial charge in [0.15, 0.2) is 0 Å². The zero-order valence-corrected chi connectivity index (χ0v) is 4.77. The molecule has 11 heavy (non-hydrogen) atoms. The molecule has 0 heterocycles. The Bertz CT molecular complexity index is 177. The van der Waals surface area contributed by atoms with E-state index in [0.29, 0.717) is 5.32 Å². The summed E-state index contributed by atoms with van der Waals surface area (Å²) in [6.45, 7) is 0. The Balaban J connectivity index is 4.30. The summed E-state index contributed by atoms with van der Waals surface area (Å²) in [6, 6.07) is 0. The molecule has 1 N–H and O–H groups in total. The summed E-state index contributed by atoms with van der Waals surface area (Å²) in [4.78, 5) is 0. The first-order chi connectivity index (χ1) is 4.95. The van der Waals surface area contributed by atoms with Gasteiger partial charge in [-0.1, -0.05) is 0 Å². The summed E-state index contributed by atoms with van der Waals surface area (Å²) in [6.07, 6.45) is -5.80. The number of halogens is 6. The van der Waals surface area contributed by atoms with Crippen LogP contribution in [-0.2, 0) is 0 Å². The highest BCUT2D eigenvalue weighted by Gasteiger charge is 2.10. The van der Waals surface area contributed by atoms with Gasteiger partial charge in [0.1, 0.15) is 0 Å². The fraction of sp³-hybridized carbons (Fsp3) is 0. The van der Waals surface area contributed by atoms with Gasteiger partial charge in [-0.3, -0.25) is 5.32 Å². The summed E-state index contributed by atoms with van der Waals surface area (Å²) in [7, 11) is 0. The van der Waals surface area contributed by atoms with E-state index in [0.717, 1.165) is 0 Å². The normalized spacial score (nSPS) is 8.91. The monoisotopic (exact) mass is 177 g/mol. The predicted molar refractivity (Wildman–Crippen MR) is 23.8 cm³/mol. The van der Waals surface area contributed by atoms with Crippen LogP contribution in [0.5, 0.6) is 0 Å². The largest absolute Gasteiger partial charge is 0.322 e. The summed E-state index contributed by atoms with van der Waals surface area (Å²) in [5, 5.41) is 0.505. The van der Waals surface area contributed by atoms with Crippen molar-refractivity contribution in [1.29, 1.82) is 0 Å². The highest BCUT2D eigenvalue weighted by atomic mass is 19.3. The molecule has 1 nitrogen and oxygen atoms in total. The van der Waals surface area contributed by atoms with Crippen molar-refractivity contribution < 1.29 is 26.3 Å². The molecule has 0 unspecified atom stereocenters. The van der Waals surface area contributed by atoms with Gasteiger partial charge in [0.2, 0.25) is 0 Å². The van der Waals surface area contributed by atoms with Crippen molar-refractivity contribution in [1.82, 2.24) is 5.32 Å². The van der Waals surface area contributed by atoms with Crippen LogP contribution in [0.3, 0.4) is 0 Å². The number of nitrogens with one attached hydrogen (secondary N) is 1. The van der Waals surface area contributed by atoms with E-state index in [9.17, 15) is 26.3 Å². The predicted octanol–water partition coefficient (Wildman–Crippen LogP) is 2.65. The van der Waals surface area contributed by atoms with Gasteiger partial charge in [-0.05, 0) is 0 Å². The second-order valence-electron chi connectivity index (χ2n) is 1.27. The molecule has 0 saturated heterocycles. The molecule has 0 aromatic heterocycles. The number of hydrogen-bond acceptors (Lipinski definition) is 1. The van der Waals surface area contributed by atoms with Gasteiger partial charge in [-0.25, -0.2) is 0 Å². The molecule has 0 rings (SSSR count). The average molecular weight is 177 g/mol. The molecule has 0 aromatic rings. The molecular formula is C4HF6N. The lowest BCUT2D eigenvalue weighted by Gasteiger charge is -1.95. The lowest BCUT2D eigenvalue weighted by molar-refractivity contribution is 0.330. The van der Waals surface area contributed by atoms with Crippen LogP contribution in [0.1, 0.15) is 0 Å². The van der Waals surface area contributed by atoms with Gasteiger partial charge in [0.05, 0.1) is 0 Å². The lowest BCUT2D eigenvalue weighted by atomic mass is 10.8. The first-order valence-corrected chi connectivity index (χ1v) is 2.13. The first-order valence-electron chi connectivity index (χ1n) is 2.13. The van der Waals surface area contributed by atoms with Gasteiger partial charge in [-0.2, -0.15) is 26.3 Å². The molecule has 0 spiro atoms. The maximum Gasteiger partial charge on any atom is 0.322 e. The van der Waals surface area contributed by atoms with E-state index >= 15 is 0 Å². The van der Waals surface area contributed by atoms with E-state index in [1.54, 1.807) is 0 Å². The standard InChI is InChI=1S/C4HF6N/c5-1(6)3(9)11-4(10)2(7)8/h11H. The molecular weight excluding hydrogens is 176 g/mol. The molecule has 64 valence electrons. The fourth-order valence-corrected chi connectivity index (χ4v) is 0.191. The number of hydrogen-bond donors (Lipinski definition) is 1. The van der Waals surface area contributed by atoms with E-state index in [2.05, 4.69) is 0 Å². The van der Waals surface area contributed by atoms with E-state index < -0.39 is 24.1 Å². The van der Waals surface area contributed by atoms with Crippen LogP contribution in [0.25, 0.3) is 0 Å². The van der Waals surface area contributed by atoms with Gasteiger partial charge < -0.3 is 0 Å². The van der Waals surface area contributed by atoms with Crippen LogP contribution < -0.4 is 5.32 Å². The summed E-state index contributed by atoms with van der Waals surface area (Å²) in [5.41, 5.74) is 0. The highest BCUT2D eigenvalue weighted by Crippen LogP contribution is 2.12. The third-order valence-electron chi connectivity index (χ3n) is 0.551. The zero-order chi connectivity index (χ0) is 9.02. The minimum atomic E-state index is -2.90. The van der Waals surface area contributed by atoms with E-state index in [4.69, 9.17) is 0 Å². The Labute approximate surface area is 57.0 Å². The molecule has 0 atom stereocenters. The van der Waals surface area contributed by atoms with Gasteiger partial charge in [-0.15, -0.1) is 0 Å². The van der Waals surface area contributed by atoms with Crippen molar-refractivity contribution in [3.63, 3.8) is 0 Å². The third-order valence-corrected chi connectivity index (χ3v) is 0.551. The van der Waals surface area contributed by atoms with Gasteiger partial charge >= 0.3 is 12.2 Å². The van der Waals surface area contributed by atoms with Crippen molar-refractivity contribution in [2.75, 3.05) is 0 Å². The minimum absolute atomic E-state index is 0.505. The maximum absolute atomic E-state index is 11.5. The maximum atomic E-state index is 11.5. The molecule has 0 aliphatic rings. The Morgan fingerprint density at radius 3 is 1.09 bits per heavy atom. The number of rotatable bonds is 2. The van der Waals surface area contributed by atoms with Crippen LogP contribution in [0, 0.1) is 0 Å². The van der Waals surface area contributed by atoms with Crippen molar-refractivity contribution in [2.24, 2.45) is 0 Å². The molecule has 0 aromatic carbocycles. The van der Waals surface area contributed by atoms with Crippen molar-refractivity contribution in [3.05, 3.63) is 24.1 Å². The lowest BCUT2D eigenvalue weighted by Crippen LogP contribution is -2.07. The topological polar surface area (TPSA) is 12.0 Å². The highest BCUT2D eigenvalue weighted by molar-refractivity contribution is 5.00. The second kappa shape index (κ2) is 3.89. The summed E-state index contributed by atoms with van der Waals surface area (Å²) < 4.78 is 67.3. The van der Waals surface area contributed by atoms with E-state index in [1.807, 2.05) is 0 Å². The molecule has 7 heteroatoms. The second-order valence-corrected chi connectivity index (χ2v) is 1.27. The van der Waals surface area contributed by atoms with E-state index in [1.165, 1.54) is 0 Å². The molecule has 0 aliphatic carbocycles. The zero-order valence-electron chi connectivity index (χ0n) is 4.77. The summed E-state index contributed by atoms with van der Waals surface area (Å²) >= 11 is 0. The minimum Gasteiger partial charge on any atom is -0.299 e. The average Bonchev–Trinajstić information content (AvgIpc) is 1.87. The molecule has 0 amide bonds. The Kier molecular flexibility index (Phi) is 3.49. The van der Waals surface area contributed by atoms with E-state index in [-0.39, 0.29) is 0 Å². The van der Waals surface area contributed by atoms with Gasteiger partial charge in [0.25, 0.3) is 11.9 Å². The first kappa shape index (κ1) is 9.86. The SMILES string of the molecule is FC(F)=C(F)NC(F)=C(F)F. The molecule has 0 aliphatic heterocycles. The molecule has 0 saturated carbocycles. The van der Waals surface area contributed by atoms with Crippen LogP contribution >= 0.6 is 0 Å².